The summed E-state index contributed by atoms with van der Waals surface area (Å²) < 4.78 is 16.2. The van der Waals surface area contributed by atoms with Gasteiger partial charge in [-0.25, -0.2) is 0 Å². The molecule has 0 aromatic carbocycles. The first-order valence-corrected chi connectivity index (χ1v) is 6.81. The van der Waals surface area contributed by atoms with Gasteiger partial charge in [-0.2, -0.15) is 4.98 Å². The van der Waals surface area contributed by atoms with Crippen LogP contribution >= 0.6 is 0 Å². The summed E-state index contributed by atoms with van der Waals surface area (Å²) in [6, 6.07) is 0. The molecule has 1 aromatic heterocycles. The minimum absolute atomic E-state index is 0.432. The van der Waals surface area contributed by atoms with Gasteiger partial charge in [-0.3, -0.25) is 0 Å². The summed E-state index contributed by atoms with van der Waals surface area (Å²) in [5.74, 6) is 2.43. The van der Waals surface area contributed by atoms with Gasteiger partial charge in [-0.15, -0.1) is 0 Å². The van der Waals surface area contributed by atoms with E-state index in [1.807, 2.05) is 13.8 Å². The number of hydrogen-bond acceptors (Lipinski definition) is 5. The predicted molar refractivity (Wildman–Crippen MR) is 66.0 cm³/mol. The lowest BCUT2D eigenvalue weighted by Crippen LogP contribution is -2.09. The van der Waals surface area contributed by atoms with Crippen LogP contribution in [0.25, 0.3) is 0 Å². The van der Waals surface area contributed by atoms with Crippen LogP contribution in [0.3, 0.4) is 0 Å². The van der Waals surface area contributed by atoms with Crippen molar-refractivity contribution in [3.8, 4) is 0 Å². The maximum Gasteiger partial charge on any atom is 0.283 e. The fraction of sp³-hybridized carbons (Fsp3) is 0.846. The van der Waals surface area contributed by atoms with E-state index in [0.717, 1.165) is 24.6 Å². The van der Waals surface area contributed by atoms with Crippen LogP contribution in [0.2, 0.25) is 0 Å². The molecule has 0 bridgehead atoms. The summed E-state index contributed by atoms with van der Waals surface area (Å²) in [6.45, 7) is 7.22. The Morgan fingerprint density at radius 3 is 2.56 bits per heavy atom. The third-order valence-corrected chi connectivity index (χ3v) is 3.36. The molecule has 2 atom stereocenters. The molecule has 0 spiro atoms. The quantitative estimate of drug-likeness (QED) is 0.730. The topological polar surface area (TPSA) is 57.4 Å². The second-order valence-corrected chi connectivity index (χ2v) is 4.85. The van der Waals surface area contributed by atoms with E-state index in [9.17, 15) is 0 Å². The van der Waals surface area contributed by atoms with Gasteiger partial charge in [0.05, 0.1) is 0 Å². The van der Waals surface area contributed by atoms with Gasteiger partial charge in [0.15, 0.2) is 5.82 Å². The Morgan fingerprint density at radius 1 is 1.28 bits per heavy atom. The van der Waals surface area contributed by atoms with E-state index in [0.29, 0.717) is 25.0 Å². The van der Waals surface area contributed by atoms with E-state index in [4.69, 9.17) is 14.0 Å². The first kappa shape index (κ1) is 13.5. The van der Waals surface area contributed by atoms with Crippen LogP contribution in [0, 0.1) is 5.92 Å². The van der Waals surface area contributed by atoms with Crippen molar-refractivity contribution >= 4 is 0 Å². The number of hydrogen-bond donors (Lipinski definition) is 0. The molecule has 0 saturated heterocycles. The Labute approximate surface area is 108 Å². The summed E-state index contributed by atoms with van der Waals surface area (Å²) in [5.41, 5.74) is 0. The van der Waals surface area contributed by atoms with Crippen molar-refractivity contribution in [2.45, 2.75) is 52.2 Å². The monoisotopic (exact) mass is 254 g/mol. The maximum atomic E-state index is 5.45. The second-order valence-electron chi connectivity index (χ2n) is 4.85. The van der Waals surface area contributed by atoms with Crippen LogP contribution in [0.1, 0.15) is 64.0 Å². The first-order valence-electron chi connectivity index (χ1n) is 6.81. The molecule has 1 saturated carbocycles. The largest absolute Gasteiger partial charge is 0.345 e. The fourth-order valence-electron chi connectivity index (χ4n) is 2.44. The van der Waals surface area contributed by atoms with Crippen molar-refractivity contribution in [2.24, 2.45) is 5.92 Å². The molecule has 5 heteroatoms. The molecule has 1 fully saturated rings. The van der Waals surface area contributed by atoms with Crippen molar-refractivity contribution in [2.75, 3.05) is 13.2 Å². The third kappa shape index (κ3) is 3.09. The molecule has 1 aromatic rings. The molecule has 18 heavy (non-hydrogen) atoms. The fourth-order valence-corrected chi connectivity index (χ4v) is 2.44. The Kier molecular flexibility index (Phi) is 4.72. The highest BCUT2D eigenvalue weighted by Gasteiger charge is 2.28. The summed E-state index contributed by atoms with van der Waals surface area (Å²) >= 11 is 0. The van der Waals surface area contributed by atoms with Crippen molar-refractivity contribution in [1.29, 1.82) is 0 Å². The molecule has 0 amide bonds. The summed E-state index contributed by atoms with van der Waals surface area (Å²) in [7, 11) is 0. The van der Waals surface area contributed by atoms with Crippen LogP contribution in [0.4, 0.5) is 0 Å². The van der Waals surface area contributed by atoms with Gasteiger partial charge in [0.2, 0.25) is 6.29 Å². The lowest BCUT2D eigenvalue weighted by Gasteiger charge is -2.11. The first-order chi connectivity index (χ1) is 8.74. The van der Waals surface area contributed by atoms with Crippen LogP contribution in [-0.4, -0.2) is 23.4 Å². The standard InChI is InChI=1S/C13H22N2O3/c1-4-16-13(17-5-2)12-14-11(15-18-12)10-7-6-9(3)8-10/h9-10,13H,4-8H2,1-3H3. The summed E-state index contributed by atoms with van der Waals surface area (Å²) in [6.07, 6.45) is 3.01. The van der Waals surface area contributed by atoms with Crippen LogP contribution in [-0.2, 0) is 9.47 Å². The predicted octanol–water partition coefficient (Wildman–Crippen LogP) is 3.04. The molecule has 102 valence electrons. The molecule has 5 nitrogen and oxygen atoms in total. The van der Waals surface area contributed by atoms with Crippen molar-refractivity contribution in [3.63, 3.8) is 0 Å². The third-order valence-electron chi connectivity index (χ3n) is 3.36. The van der Waals surface area contributed by atoms with E-state index in [-0.39, 0.29) is 0 Å². The Hall–Kier alpha value is -0.940. The van der Waals surface area contributed by atoms with Gasteiger partial charge in [0, 0.05) is 19.1 Å². The lowest BCUT2D eigenvalue weighted by molar-refractivity contribution is -0.155. The highest BCUT2D eigenvalue weighted by atomic mass is 16.7. The molecule has 1 aliphatic carbocycles. The van der Waals surface area contributed by atoms with Gasteiger partial charge in [0.1, 0.15) is 0 Å². The minimum atomic E-state index is -0.528. The zero-order valence-electron chi connectivity index (χ0n) is 11.4. The minimum Gasteiger partial charge on any atom is -0.345 e. The Morgan fingerprint density at radius 2 is 2.00 bits per heavy atom. The normalized spacial score (nSPS) is 24.0. The van der Waals surface area contributed by atoms with Gasteiger partial charge in [0.25, 0.3) is 5.89 Å². The van der Waals surface area contributed by atoms with E-state index in [1.54, 1.807) is 0 Å². The van der Waals surface area contributed by atoms with Gasteiger partial charge in [-0.05, 0) is 39.0 Å². The molecule has 2 unspecified atom stereocenters. The van der Waals surface area contributed by atoms with Crippen molar-refractivity contribution in [1.82, 2.24) is 10.1 Å². The highest BCUT2D eigenvalue weighted by Crippen LogP contribution is 2.36. The van der Waals surface area contributed by atoms with Crippen LogP contribution in [0.5, 0.6) is 0 Å². The zero-order valence-corrected chi connectivity index (χ0v) is 11.4. The van der Waals surface area contributed by atoms with Crippen LogP contribution in [0.15, 0.2) is 4.52 Å². The molecule has 0 aliphatic heterocycles. The SMILES string of the molecule is CCOC(OCC)c1nc(C2CCC(C)C2)no1. The molecule has 1 aliphatic rings. The van der Waals surface area contributed by atoms with E-state index in [1.165, 1.54) is 6.42 Å². The number of aromatic nitrogens is 2. The molecule has 1 heterocycles. The van der Waals surface area contributed by atoms with E-state index in [2.05, 4.69) is 17.1 Å². The van der Waals surface area contributed by atoms with Gasteiger partial charge < -0.3 is 14.0 Å². The smallest absolute Gasteiger partial charge is 0.283 e. The van der Waals surface area contributed by atoms with Gasteiger partial charge in [-0.1, -0.05) is 12.1 Å². The Bertz CT molecular complexity index is 361. The highest BCUT2D eigenvalue weighted by molar-refractivity contribution is 4.99. The molecule has 0 radical (unpaired) electrons. The average Bonchev–Trinajstić information content (AvgIpc) is 2.97. The number of rotatable bonds is 6. The van der Waals surface area contributed by atoms with Crippen molar-refractivity contribution < 1.29 is 14.0 Å². The average molecular weight is 254 g/mol. The Balaban J connectivity index is 2.03. The van der Waals surface area contributed by atoms with Gasteiger partial charge >= 0.3 is 0 Å². The molecule has 2 rings (SSSR count). The number of ether oxygens (including phenoxy) is 2. The lowest BCUT2D eigenvalue weighted by atomic mass is 10.1. The van der Waals surface area contributed by atoms with E-state index < -0.39 is 6.29 Å². The van der Waals surface area contributed by atoms with E-state index >= 15 is 0 Å². The molecular formula is C13H22N2O3. The molecular weight excluding hydrogens is 232 g/mol. The van der Waals surface area contributed by atoms with Crippen LogP contribution < -0.4 is 0 Å². The molecule has 0 N–H and O–H groups in total. The summed E-state index contributed by atoms with van der Waals surface area (Å²) in [5, 5.41) is 4.07. The maximum absolute atomic E-state index is 5.45. The van der Waals surface area contributed by atoms with Crippen molar-refractivity contribution in [3.05, 3.63) is 11.7 Å². The zero-order chi connectivity index (χ0) is 13.0. The number of nitrogens with zero attached hydrogens (tertiary/aromatic N) is 2. The summed E-state index contributed by atoms with van der Waals surface area (Å²) in [4.78, 5) is 4.44. The second kappa shape index (κ2) is 6.29.